The molecule has 3 aromatic carbocycles. The zero-order chi connectivity index (χ0) is 26.9. The molecular weight excluding hydrogens is 577 g/mol. The van der Waals surface area contributed by atoms with E-state index in [4.69, 9.17) is 21.4 Å². The number of nitrogens with zero attached hydrogens (tertiary/aromatic N) is 2. The van der Waals surface area contributed by atoms with Crippen molar-refractivity contribution in [3.05, 3.63) is 131 Å². The predicted molar refractivity (Wildman–Crippen MR) is 157 cm³/mol. The summed E-state index contributed by atoms with van der Waals surface area (Å²) in [5.41, 5.74) is 3.24. The largest absolute Gasteiger partial charge is 0.459 e. The number of aromatic nitrogens is 1. The van der Waals surface area contributed by atoms with Crippen LogP contribution in [0.3, 0.4) is 0 Å². The van der Waals surface area contributed by atoms with E-state index in [-0.39, 0.29) is 17.9 Å². The number of thiocarbonyl (C=S) groups is 1. The fourth-order valence-electron chi connectivity index (χ4n) is 4.68. The molecule has 39 heavy (non-hydrogen) atoms. The van der Waals surface area contributed by atoms with Crippen LogP contribution in [0.1, 0.15) is 29.1 Å². The van der Waals surface area contributed by atoms with Gasteiger partial charge in [-0.3, -0.25) is 4.98 Å². The quantitative estimate of drug-likeness (QED) is 0.197. The summed E-state index contributed by atoms with van der Waals surface area (Å²) in [6.45, 7) is 2.04. The van der Waals surface area contributed by atoms with Crippen molar-refractivity contribution in [2.75, 3.05) is 4.90 Å². The number of benzene rings is 3. The minimum atomic E-state index is -0.368. The Kier molecular flexibility index (Phi) is 6.89. The number of halogens is 2. The smallest absolute Gasteiger partial charge is 0.174 e. The highest BCUT2D eigenvalue weighted by molar-refractivity contribution is 9.10. The van der Waals surface area contributed by atoms with Gasteiger partial charge in [0.05, 0.1) is 17.3 Å². The van der Waals surface area contributed by atoms with Crippen LogP contribution < -0.4 is 15.0 Å². The van der Waals surface area contributed by atoms with Gasteiger partial charge in [-0.25, -0.2) is 4.39 Å². The molecule has 3 heterocycles. The van der Waals surface area contributed by atoms with Gasteiger partial charge in [0.1, 0.15) is 34.9 Å². The molecule has 0 amide bonds. The zero-order valence-electron chi connectivity index (χ0n) is 20.8. The Labute approximate surface area is 239 Å². The topological polar surface area (TPSA) is 50.5 Å². The van der Waals surface area contributed by atoms with Crippen molar-refractivity contribution in [2.24, 2.45) is 0 Å². The lowest BCUT2D eigenvalue weighted by atomic mass is 10.0. The van der Waals surface area contributed by atoms with Crippen molar-refractivity contribution in [3.8, 4) is 22.8 Å². The van der Waals surface area contributed by atoms with Gasteiger partial charge in [-0.1, -0.05) is 39.7 Å². The molecule has 0 spiro atoms. The summed E-state index contributed by atoms with van der Waals surface area (Å²) in [5, 5.41) is 3.96. The average molecular weight is 601 g/mol. The summed E-state index contributed by atoms with van der Waals surface area (Å²) in [4.78, 5) is 6.58. The van der Waals surface area contributed by atoms with Crippen LogP contribution in [0.4, 0.5) is 10.1 Å². The van der Waals surface area contributed by atoms with E-state index in [2.05, 4.69) is 26.2 Å². The molecule has 6 rings (SSSR count). The maximum Gasteiger partial charge on any atom is 0.174 e. The third-order valence-electron chi connectivity index (χ3n) is 6.58. The van der Waals surface area contributed by atoms with E-state index in [0.29, 0.717) is 32.4 Å². The molecule has 1 fully saturated rings. The van der Waals surface area contributed by atoms with E-state index in [0.717, 1.165) is 17.1 Å². The molecule has 2 aromatic heterocycles. The Hall–Kier alpha value is -4.01. The summed E-state index contributed by atoms with van der Waals surface area (Å²) in [7, 11) is 0. The highest BCUT2D eigenvalue weighted by Crippen LogP contribution is 2.43. The normalized spacial score (nSPS) is 16.8. The van der Waals surface area contributed by atoms with Crippen molar-refractivity contribution in [1.29, 1.82) is 0 Å². The van der Waals surface area contributed by atoms with Gasteiger partial charge < -0.3 is 19.4 Å². The van der Waals surface area contributed by atoms with Crippen LogP contribution in [0.5, 0.6) is 11.5 Å². The van der Waals surface area contributed by atoms with Gasteiger partial charge in [-0.15, -0.1) is 0 Å². The van der Waals surface area contributed by atoms with E-state index >= 15 is 0 Å². The zero-order valence-corrected chi connectivity index (χ0v) is 23.2. The molecule has 1 saturated heterocycles. The number of anilines is 1. The Balaban J connectivity index is 1.35. The summed E-state index contributed by atoms with van der Waals surface area (Å²) in [6, 6.07) is 29.3. The fourth-order valence-corrected chi connectivity index (χ4v) is 5.36. The number of furan rings is 1. The van der Waals surface area contributed by atoms with Gasteiger partial charge in [0.25, 0.3) is 0 Å². The number of ether oxygens (including phenoxy) is 1. The SMILES string of the molecule is Cc1ccc(Oc2ccc(N3C(=S)N[C@@H](c4ccccn4)[C@@H]3c3ccc(-c4ccc(Br)cc4F)o3)cc2)cc1. The molecule has 5 aromatic rings. The standard InChI is InChI=1S/C31H23BrFN3O2S/c1-19-5-10-22(11-6-19)37-23-12-8-21(9-13-23)36-30(29(35-31(36)39)26-4-2-3-17-34-26)28-16-15-27(38-28)24-14-7-20(32)18-25(24)33/h2-18,29-30H,1H3,(H,35,39)/t29-,30-/m0/s1. The fraction of sp³-hybridized carbons (Fsp3) is 0.0968. The maximum absolute atomic E-state index is 14.7. The summed E-state index contributed by atoms with van der Waals surface area (Å²) < 4.78 is 27.7. The Morgan fingerprint density at radius 2 is 1.69 bits per heavy atom. The van der Waals surface area contributed by atoms with Gasteiger partial charge in [0.15, 0.2) is 5.11 Å². The highest BCUT2D eigenvalue weighted by Gasteiger charge is 2.42. The van der Waals surface area contributed by atoms with Crippen LogP contribution in [-0.2, 0) is 0 Å². The minimum Gasteiger partial charge on any atom is -0.459 e. The number of nitrogens with one attached hydrogen (secondary N) is 1. The molecule has 0 bridgehead atoms. The van der Waals surface area contributed by atoms with Gasteiger partial charge >= 0.3 is 0 Å². The van der Waals surface area contributed by atoms with Crippen LogP contribution in [0.2, 0.25) is 0 Å². The lowest BCUT2D eigenvalue weighted by molar-refractivity contribution is 0.438. The number of hydrogen-bond donors (Lipinski definition) is 1. The first-order valence-electron chi connectivity index (χ1n) is 12.4. The van der Waals surface area contributed by atoms with Crippen molar-refractivity contribution in [1.82, 2.24) is 10.3 Å². The third kappa shape index (κ3) is 5.17. The second kappa shape index (κ2) is 10.6. The second-order valence-electron chi connectivity index (χ2n) is 9.23. The molecule has 2 atom stereocenters. The first kappa shape index (κ1) is 25.3. The molecule has 1 aliphatic heterocycles. The van der Waals surface area contributed by atoms with Crippen LogP contribution in [0, 0.1) is 12.7 Å². The molecule has 194 valence electrons. The average Bonchev–Trinajstić information content (AvgIpc) is 3.55. The number of aryl methyl sites for hydroxylation is 1. The molecule has 0 radical (unpaired) electrons. The van der Waals surface area contributed by atoms with Gasteiger partial charge in [0, 0.05) is 16.4 Å². The van der Waals surface area contributed by atoms with Crippen LogP contribution in [0.25, 0.3) is 11.3 Å². The van der Waals surface area contributed by atoms with E-state index in [1.54, 1.807) is 24.4 Å². The molecule has 0 aliphatic carbocycles. The van der Waals surface area contributed by atoms with Crippen LogP contribution in [0.15, 0.2) is 112 Å². The van der Waals surface area contributed by atoms with E-state index in [9.17, 15) is 4.39 Å². The molecule has 5 nitrogen and oxygen atoms in total. The molecule has 8 heteroatoms. The number of rotatable bonds is 6. The molecule has 0 saturated carbocycles. The van der Waals surface area contributed by atoms with Crippen molar-refractivity contribution in [3.63, 3.8) is 0 Å². The maximum atomic E-state index is 14.7. The minimum absolute atomic E-state index is 0.282. The lowest BCUT2D eigenvalue weighted by Gasteiger charge is -2.26. The van der Waals surface area contributed by atoms with E-state index in [1.807, 2.05) is 84.6 Å². The van der Waals surface area contributed by atoms with Crippen molar-refractivity contribution in [2.45, 2.75) is 19.0 Å². The van der Waals surface area contributed by atoms with Gasteiger partial charge in [0.2, 0.25) is 0 Å². The molecular formula is C31H23BrFN3O2S. The van der Waals surface area contributed by atoms with Crippen molar-refractivity contribution < 1.29 is 13.5 Å². The number of hydrogen-bond acceptors (Lipinski definition) is 4. The second-order valence-corrected chi connectivity index (χ2v) is 10.5. The Morgan fingerprint density at radius 1 is 0.949 bits per heavy atom. The third-order valence-corrected chi connectivity index (χ3v) is 7.39. The van der Waals surface area contributed by atoms with Gasteiger partial charge in [-0.2, -0.15) is 0 Å². The summed E-state index contributed by atoms with van der Waals surface area (Å²) in [6.07, 6.45) is 1.75. The van der Waals surface area contributed by atoms with Crippen LogP contribution in [-0.4, -0.2) is 10.1 Å². The first-order chi connectivity index (χ1) is 19.0. The lowest BCUT2D eigenvalue weighted by Crippen LogP contribution is -2.29. The highest BCUT2D eigenvalue weighted by atomic mass is 79.9. The van der Waals surface area contributed by atoms with Gasteiger partial charge in [-0.05, 0) is 98.0 Å². The Morgan fingerprint density at radius 3 is 2.38 bits per heavy atom. The summed E-state index contributed by atoms with van der Waals surface area (Å²) >= 11 is 9.12. The Bertz CT molecular complexity index is 1620. The number of pyridine rings is 1. The van der Waals surface area contributed by atoms with E-state index < -0.39 is 0 Å². The monoisotopic (exact) mass is 599 g/mol. The van der Waals surface area contributed by atoms with E-state index in [1.165, 1.54) is 11.6 Å². The molecule has 1 N–H and O–H groups in total. The summed E-state index contributed by atoms with van der Waals surface area (Å²) in [5.74, 6) is 2.19. The first-order valence-corrected chi connectivity index (χ1v) is 13.6. The molecule has 1 aliphatic rings. The van der Waals surface area contributed by atoms with Crippen molar-refractivity contribution >= 4 is 38.9 Å². The van der Waals surface area contributed by atoms with Crippen LogP contribution >= 0.6 is 28.1 Å². The molecule has 0 unspecified atom stereocenters. The predicted octanol–water partition coefficient (Wildman–Crippen LogP) is 8.52.